The Bertz CT molecular complexity index is 648. The SMILES string of the molecule is C/C(=C/Cl)CS(=O)(=O)c1cc(Cl)cc(C(=O)O)c1C. The first-order chi connectivity index (χ1) is 8.69. The molecule has 1 aromatic carbocycles. The molecular formula is C12H12Cl2O4S. The Hall–Kier alpha value is -1.04. The lowest BCUT2D eigenvalue weighted by molar-refractivity contribution is 0.0696. The molecule has 104 valence electrons. The lowest BCUT2D eigenvalue weighted by Gasteiger charge is -2.11. The summed E-state index contributed by atoms with van der Waals surface area (Å²) in [5, 5.41) is 9.09. The van der Waals surface area contributed by atoms with E-state index in [1.807, 2.05) is 0 Å². The number of hydrogen-bond donors (Lipinski definition) is 1. The van der Waals surface area contributed by atoms with Gasteiger partial charge in [-0.25, -0.2) is 13.2 Å². The molecule has 19 heavy (non-hydrogen) atoms. The van der Waals surface area contributed by atoms with E-state index in [9.17, 15) is 13.2 Å². The molecule has 0 amide bonds. The van der Waals surface area contributed by atoms with Crippen molar-refractivity contribution in [1.82, 2.24) is 0 Å². The predicted octanol–water partition coefficient (Wildman–Crippen LogP) is 3.26. The number of carboxylic acids is 1. The minimum atomic E-state index is -3.68. The largest absolute Gasteiger partial charge is 0.478 e. The van der Waals surface area contributed by atoms with Crippen LogP contribution in [-0.4, -0.2) is 25.2 Å². The highest BCUT2D eigenvalue weighted by molar-refractivity contribution is 7.91. The first kappa shape index (κ1) is 16.0. The fourth-order valence-electron chi connectivity index (χ4n) is 1.61. The number of benzene rings is 1. The maximum Gasteiger partial charge on any atom is 0.336 e. The molecule has 0 aliphatic carbocycles. The standard InChI is InChI=1S/C12H12Cl2O4S/c1-7(5-13)6-19(17,18)11-4-9(14)3-10(8(11)2)12(15)16/h3-5H,6H2,1-2H3,(H,15,16)/b7-5-. The van der Waals surface area contributed by atoms with E-state index in [2.05, 4.69) is 0 Å². The Labute approximate surface area is 121 Å². The normalized spacial score (nSPS) is 12.5. The van der Waals surface area contributed by atoms with Crippen molar-refractivity contribution < 1.29 is 18.3 Å². The van der Waals surface area contributed by atoms with Crippen molar-refractivity contribution in [2.45, 2.75) is 18.7 Å². The molecule has 0 radical (unpaired) electrons. The smallest absolute Gasteiger partial charge is 0.336 e. The van der Waals surface area contributed by atoms with Crippen LogP contribution in [0.5, 0.6) is 0 Å². The van der Waals surface area contributed by atoms with Crippen LogP contribution in [0.25, 0.3) is 0 Å². The Morgan fingerprint density at radius 1 is 1.42 bits per heavy atom. The minimum absolute atomic E-state index is 0.0640. The molecular weight excluding hydrogens is 311 g/mol. The number of halogens is 2. The van der Waals surface area contributed by atoms with Gasteiger partial charge in [0.15, 0.2) is 9.84 Å². The van der Waals surface area contributed by atoms with Crippen LogP contribution in [0.1, 0.15) is 22.8 Å². The molecule has 0 aliphatic heterocycles. The van der Waals surface area contributed by atoms with E-state index >= 15 is 0 Å². The van der Waals surface area contributed by atoms with Crippen molar-refractivity contribution in [1.29, 1.82) is 0 Å². The first-order valence-electron chi connectivity index (χ1n) is 5.21. The maximum atomic E-state index is 12.2. The van der Waals surface area contributed by atoms with Crippen molar-refractivity contribution in [3.05, 3.63) is 39.4 Å². The summed E-state index contributed by atoms with van der Waals surface area (Å²) in [5.41, 5.74) is 1.67. The van der Waals surface area contributed by atoms with Crippen molar-refractivity contribution in [2.75, 3.05) is 5.75 Å². The fourth-order valence-corrected chi connectivity index (χ4v) is 3.78. The molecule has 0 fully saturated rings. The van der Waals surface area contributed by atoms with Gasteiger partial charge in [0.05, 0.1) is 16.2 Å². The van der Waals surface area contributed by atoms with Crippen molar-refractivity contribution in [3.8, 4) is 0 Å². The number of rotatable bonds is 4. The predicted molar refractivity (Wildman–Crippen MR) is 74.8 cm³/mol. The monoisotopic (exact) mass is 322 g/mol. The summed E-state index contributed by atoms with van der Waals surface area (Å²) in [7, 11) is -3.68. The van der Waals surface area contributed by atoms with Gasteiger partial charge in [0.25, 0.3) is 0 Å². The van der Waals surface area contributed by atoms with E-state index in [-0.39, 0.29) is 26.8 Å². The highest BCUT2D eigenvalue weighted by Gasteiger charge is 2.22. The Morgan fingerprint density at radius 2 is 2.00 bits per heavy atom. The molecule has 0 bridgehead atoms. The van der Waals surface area contributed by atoms with Gasteiger partial charge in [-0.3, -0.25) is 0 Å². The number of carbonyl (C=O) groups is 1. The van der Waals surface area contributed by atoms with Crippen molar-refractivity contribution >= 4 is 39.0 Å². The van der Waals surface area contributed by atoms with E-state index in [0.29, 0.717) is 5.57 Å². The first-order valence-corrected chi connectivity index (χ1v) is 7.67. The van der Waals surface area contributed by atoms with Crippen molar-refractivity contribution in [3.63, 3.8) is 0 Å². The average Bonchev–Trinajstić information content (AvgIpc) is 2.30. The molecule has 0 unspecified atom stereocenters. The van der Waals surface area contributed by atoms with Gasteiger partial charge in [-0.2, -0.15) is 0 Å². The summed E-state index contributed by atoms with van der Waals surface area (Å²) in [6.07, 6.45) is 0. The summed E-state index contributed by atoms with van der Waals surface area (Å²) in [6.45, 7) is 3.01. The van der Waals surface area contributed by atoms with Crippen LogP contribution in [0.15, 0.2) is 28.1 Å². The average molecular weight is 323 g/mol. The van der Waals surface area contributed by atoms with E-state index in [1.54, 1.807) is 6.92 Å². The van der Waals surface area contributed by atoms with Crippen LogP contribution >= 0.6 is 23.2 Å². The molecule has 0 saturated carbocycles. The van der Waals surface area contributed by atoms with Gasteiger partial charge in [0.1, 0.15) is 0 Å². The van der Waals surface area contributed by atoms with Gasteiger partial charge >= 0.3 is 5.97 Å². The third-order valence-electron chi connectivity index (χ3n) is 2.49. The molecule has 0 atom stereocenters. The van der Waals surface area contributed by atoms with Gasteiger partial charge in [0.2, 0.25) is 0 Å². The molecule has 1 aromatic rings. The summed E-state index contributed by atoms with van der Waals surface area (Å²) < 4.78 is 24.4. The molecule has 0 aliphatic rings. The summed E-state index contributed by atoms with van der Waals surface area (Å²) in [4.78, 5) is 11.0. The number of sulfone groups is 1. The summed E-state index contributed by atoms with van der Waals surface area (Å²) >= 11 is 11.2. The molecule has 1 rings (SSSR count). The third kappa shape index (κ3) is 3.72. The molecule has 1 N–H and O–H groups in total. The van der Waals surface area contributed by atoms with Crippen molar-refractivity contribution in [2.24, 2.45) is 0 Å². The van der Waals surface area contributed by atoms with Crippen LogP contribution < -0.4 is 0 Å². The van der Waals surface area contributed by atoms with E-state index < -0.39 is 15.8 Å². The van der Waals surface area contributed by atoms with Gasteiger partial charge in [-0.05, 0) is 37.1 Å². The highest BCUT2D eigenvalue weighted by atomic mass is 35.5. The fraction of sp³-hybridized carbons (Fsp3) is 0.250. The van der Waals surface area contributed by atoms with Crippen LogP contribution in [-0.2, 0) is 9.84 Å². The van der Waals surface area contributed by atoms with Gasteiger partial charge in [-0.15, -0.1) is 0 Å². The molecule has 0 spiro atoms. The number of aromatic carboxylic acids is 1. The maximum absolute atomic E-state index is 12.2. The molecule has 0 aromatic heterocycles. The lowest BCUT2D eigenvalue weighted by atomic mass is 10.1. The zero-order valence-corrected chi connectivity index (χ0v) is 12.6. The van der Waals surface area contributed by atoms with Gasteiger partial charge in [0, 0.05) is 10.6 Å². The lowest BCUT2D eigenvalue weighted by Crippen LogP contribution is -2.12. The van der Waals surface area contributed by atoms with E-state index in [1.165, 1.54) is 24.6 Å². The van der Waals surface area contributed by atoms with Gasteiger partial charge < -0.3 is 5.11 Å². The summed E-state index contributed by atoms with van der Waals surface area (Å²) in [6, 6.07) is 2.47. The molecule has 4 nitrogen and oxygen atoms in total. The zero-order chi connectivity index (χ0) is 14.8. The van der Waals surface area contributed by atoms with E-state index in [4.69, 9.17) is 28.3 Å². The Kier molecular flexibility index (Phi) is 5.01. The Balaban J connectivity index is 3.47. The quantitative estimate of drug-likeness (QED) is 0.923. The van der Waals surface area contributed by atoms with Crippen LogP contribution in [0.2, 0.25) is 5.02 Å². The topological polar surface area (TPSA) is 71.4 Å². The second-order valence-corrected chi connectivity index (χ2v) is 6.71. The minimum Gasteiger partial charge on any atom is -0.478 e. The number of carboxylic acid groups (broad SMARTS) is 1. The molecule has 7 heteroatoms. The molecule has 0 heterocycles. The van der Waals surface area contributed by atoms with E-state index in [0.717, 1.165) is 0 Å². The van der Waals surface area contributed by atoms with Crippen LogP contribution in [0.4, 0.5) is 0 Å². The highest BCUT2D eigenvalue weighted by Crippen LogP contribution is 2.26. The van der Waals surface area contributed by atoms with Crippen LogP contribution in [0, 0.1) is 6.92 Å². The molecule has 0 saturated heterocycles. The third-order valence-corrected chi connectivity index (χ3v) is 5.01. The number of hydrogen-bond acceptors (Lipinski definition) is 3. The zero-order valence-electron chi connectivity index (χ0n) is 10.3. The van der Waals surface area contributed by atoms with Gasteiger partial charge in [-0.1, -0.05) is 23.2 Å². The second kappa shape index (κ2) is 5.94. The second-order valence-electron chi connectivity index (χ2n) is 4.10. The summed E-state index contributed by atoms with van der Waals surface area (Å²) in [5.74, 6) is -1.50. The Morgan fingerprint density at radius 3 is 2.47 bits per heavy atom. The van der Waals surface area contributed by atoms with Crippen LogP contribution in [0.3, 0.4) is 0 Å².